The van der Waals surface area contributed by atoms with E-state index in [1.54, 1.807) is 0 Å². The first-order valence-corrected chi connectivity index (χ1v) is 4.19. The first-order valence-electron chi connectivity index (χ1n) is 4.19. The molecule has 0 saturated heterocycles. The fraction of sp³-hybridized carbons (Fsp3) is 0.400. The van der Waals surface area contributed by atoms with Gasteiger partial charge in [0.2, 0.25) is 0 Å². The van der Waals surface area contributed by atoms with Crippen LogP contribution in [0.4, 0.5) is 0 Å². The molecule has 2 rings (SSSR count). The maximum absolute atomic E-state index is 9.68. The average molecular weight is 164 g/mol. The van der Waals surface area contributed by atoms with E-state index in [9.17, 15) is 5.11 Å². The van der Waals surface area contributed by atoms with Crippen LogP contribution in [0, 0.1) is 5.92 Å². The summed E-state index contributed by atoms with van der Waals surface area (Å²) in [5.74, 6) is 0.00222. The second kappa shape index (κ2) is 2.88. The predicted octanol–water partition coefficient (Wildman–Crippen LogP) is 0.885. The Kier molecular flexibility index (Phi) is 1.87. The summed E-state index contributed by atoms with van der Waals surface area (Å²) in [5, 5.41) is 18.6. The van der Waals surface area contributed by atoms with E-state index in [1.165, 1.54) is 5.56 Å². The number of rotatable bonds is 1. The molecule has 2 N–H and O–H groups in total. The Balaban J connectivity index is 2.35. The van der Waals surface area contributed by atoms with Crippen LogP contribution in [0.2, 0.25) is 0 Å². The zero-order valence-electron chi connectivity index (χ0n) is 6.77. The summed E-state index contributed by atoms with van der Waals surface area (Å²) in [6, 6.07) is 7.82. The molecular formula is C10H12O2. The van der Waals surface area contributed by atoms with E-state index in [-0.39, 0.29) is 12.5 Å². The molecule has 0 fully saturated rings. The van der Waals surface area contributed by atoms with E-state index >= 15 is 0 Å². The van der Waals surface area contributed by atoms with Crippen LogP contribution >= 0.6 is 0 Å². The van der Waals surface area contributed by atoms with Crippen LogP contribution in [0.15, 0.2) is 24.3 Å². The monoisotopic (exact) mass is 164 g/mol. The molecule has 0 saturated carbocycles. The molecule has 0 heterocycles. The van der Waals surface area contributed by atoms with Gasteiger partial charge in [-0.3, -0.25) is 0 Å². The van der Waals surface area contributed by atoms with Crippen LogP contribution in [0.25, 0.3) is 0 Å². The summed E-state index contributed by atoms with van der Waals surface area (Å²) in [4.78, 5) is 0. The lowest BCUT2D eigenvalue weighted by molar-refractivity contribution is 0.0807. The van der Waals surface area contributed by atoms with Gasteiger partial charge >= 0.3 is 0 Å². The van der Waals surface area contributed by atoms with E-state index in [1.807, 2.05) is 24.3 Å². The number of aliphatic hydroxyl groups excluding tert-OH is 2. The summed E-state index contributed by atoms with van der Waals surface area (Å²) in [5.41, 5.74) is 2.15. The second-order valence-corrected chi connectivity index (χ2v) is 3.29. The van der Waals surface area contributed by atoms with Crippen molar-refractivity contribution < 1.29 is 10.2 Å². The summed E-state index contributed by atoms with van der Waals surface area (Å²) >= 11 is 0. The zero-order valence-corrected chi connectivity index (χ0v) is 6.77. The van der Waals surface area contributed by atoms with Gasteiger partial charge in [0, 0.05) is 12.5 Å². The number of benzene rings is 1. The molecule has 0 amide bonds. The van der Waals surface area contributed by atoms with Crippen LogP contribution in [0.3, 0.4) is 0 Å². The summed E-state index contributed by atoms with van der Waals surface area (Å²) in [6.07, 6.45) is 0.333. The smallest absolute Gasteiger partial charge is 0.0845 e. The molecule has 2 nitrogen and oxygen atoms in total. The highest BCUT2D eigenvalue weighted by Gasteiger charge is 2.29. The first-order chi connectivity index (χ1) is 5.83. The minimum atomic E-state index is -0.466. The Hall–Kier alpha value is -0.860. The molecule has 0 spiro atoms. The highest BCUT2D eigenvalue weighted by molar-refractivity contribution is 5.34. The quantitative estimate of drug-likeness (QED) is 0.647. The Labute approximate surface area is 71.5 Å². The van der Waals surface area contributed by atoms with Crippen molar-refractivity contribution in [3.63, 3.8) is 0 Å². The number of aliphatic hydroxyl groups is 2. The highest BCUT2D eigenvalue weighted by atomic mass is 16.3. The molecule has 2 heteroatoms. The van der Waals surface area contributed by atoms with Gasteiger partial charge in [-0.2, -0.15) is 0 Å². The van der Waals surface area contributed by atoms with Gasteiger partial charge in [0.15, 0.2) is 0 Å². The largest absolute Gasteiger partial charge is 0.396 e. The molecule has 0 aromatic heterocycles. The third-order valence-electron chi connectivity index (χ3n) is 2.54. The van der Waals surface area contributed by atoms with Crippen molar-refractivity contribution in [2.45, 2.75) is 12.5 Å². The van der Waals surface area contributed by atoms with Crippen LogP contribution in [0.5, 0.6) is 0 Å². The molecule has 1 aromatic rings. The molecule has 12 heavy (non-hydrogen) atoms. The fourth-order valence-corrected chi connectivity index (χ4v) is 1.82. The fourth-order valence-electron chi connectivity index (χ4n) is 1.82. The minimum absolute atomic E-state index is 0.00222. The van der Waals surface area contributed by atoms with Crippen LogP contribution in [-0.4, -0.2) is 16.8 Å². The normalized spacial score (nSPS) is 27.2. The molecule has 0 bridgehead atoms. The van der Waals surface area contributed by atoms with Crippen molar-refractivity contribution >= 4 is 0 Å². The van der Waals surface area contributed by atoms with E-state index in [0.29, 0.717) is 0 Å². The molecular weight excluding hydrogens is 152 g/mol. The topological polar surface area (TPSA) is 40.5 Å². The Bertz CT molecular complexity index is 283. The SMILES string of the molecule is OCC1Cc2ccccc2C1O. The van der Waals surface area contributed by atoms with Crippen molar-refractivity contribution in [3.05, 3.63) is 35.4 Å². The third-order valence-corrected chi connectivity index (χ3v) is 2.54. The first kappa shape index (κ1) is 7.77. The van der Waals surface area contributed by atoms with Crippen molar-refractivity contribution in [3.8, 4) is 0 Å². The van der Waals surface area contributed by atoms with Gasteiger partial charge in [-0.1, -0.05) is 24.3 Å². The molecule has 64 valence electrons. The molecule has 0 radical (unpaired) electrons. The van der Waals surface area contributed by atoms with Crippen LogP contribution < -0.4 is 0 Å². The van der Waals surface area contributed by atoms with Crippen molar-refractivity contribution in [2.24, 2.45) is 5.92 Å². The van der Waals surface area contributed by atoms with Crippen molar-refractivity contribution in [1.29, 1.82) is 0 Å². The highest BCUT2D eigenvalue weighted by Crippen LogP contribution is 2.35. The molecule has 1 aliphatic carbocycles. The van der Waals surface area contributed by atoms with Gasteiger partial charge in [0.05, 0.1) is 6.10 Å². The maximum atomic E-state index is 9.68. The van der Waals surface area contributed by atoms with Gasteiger partial charge < -0.3 is 10.2 Å². The minimum Gasteiger partial charge on any atom is -0.396 e. The van der Waals surface area contributed by atoms with Crippen molar-refractivity contribution in [2.75, 3.05) is 6.61 Å². The zero-order chi connectivity index (χ0) is 8.55. The summed E-state index contributed by atoms with van der Waals surface area (Å²) in [6.45, 7) is 0.0653. The van der Waals surface area contributed by atoms with Gasteiger partial charge in [0.1, 0.15) is 0 Å². The Morgan fingerprint density at radius 3 is 2.75 bits per heavy atom. The number of fused-ring (bicyclic) bond motifs is 1. The van der Waals surface area contributed by atoms with Gasteiger partial charge in [0.25, 0.3) is 0 Å². The number of hydrogen-bond donors (Lipinski definition) is 2. The Morgan fingerprint density at radius 1 is 1.33 bits per heavy atom. The van der Waals surface area contributed by atoms with E-state index in [0.717, 1.165) is 12.0 Å². The lowest BCUT2D eigenvalue weighted by atomic mass is 10.1. The van der Waals surface area contributed by atoms with E-state index in [4.69, 9.17) is 5.11 Å². The standard InChI is InChI=1S/C10H12O2/c11-6-8-5-7-3-1-2-4-9(7)10(8)12/h1-4,8,10-12H,5-6H2. The lowest BCUT2D eigenvalue weighted by Crippen LogP contribution is -2.11. The maximum Gasteiger partial charge on any atom is 0.0845 e. The second-order valence-electron chi connectivity index (χ2n) is 3.29. The molecule has 2 atom stereocenters. The predicted molar refractivity (Wildman–Crippen MR) is 45.7 cm³/mol. The lowest BCUT2D eigenvalue weighted by Gasteiger charge is -2.10. The van der Waals surface area contributed by atoms with Crippen LogP contribution in [-0.2, 0) is 6.42 Å². The van der Waals surface area contributed by atoms with Crippen LogP contribution in [0.1, 0.15) is 17.2 Å². The molecule has 1 aromatic carbocycles. The van der Waals surface area contributed by atoms with Crippen molar-refractivity contribution in [1.82, 2.24) is 0 Å². The van der Waals surface area contributed by atoms with Gasteiger partial charge in [-0.15, -0.1) is 0 Å². The Morgan fingerprint density at radius 2 is 2.08 bits per heavy atom. The molecule has 2 unspecified atom stereocenters. The molecule has 0 aliphatic heterocycles. The number of hydrogen-bond acceptors (Lipinski definition) is 2. The van der Waals surface area contributed by atoms with Gasteiger partial charge in [-0.05, 0) is 17.5 Å². The summed E-state index contributed by atoms with van der Waals surface area (Å²) in [7, 11) is 0. The molecule has 1 aliphatic rings. The van der Waals surface area contributed by atoms with E-state index < -0.39 is 6.10 Å². The average Bonchev–Trinajstić information content (AvgIpc) is 2.44. The van der Waals surface area contributed by atoms with Gasteiger partial charge in [-0.25, -0.2) is 0 Å². The summed E-state index contributed by atoms with van der Waals surface area (Å²) < 4.78 is 0. The van der Waals surface area contributed by atoms with E-state index in [2.05, 4.69) is 0 Å². The third kappa shape index (κ3) is 1.04.